The molecule has 1 aromatic heterocycles. The average molecular weight is 625 g/mol. The zero-order valence-electron chi connectivity index (χ0n) is 26.8. The molecule has 1 saturated heterocycles. The molecule has 0 atom stereocenters. The van der Waals surface area contributed by atoms with Crippen molar-refractivity contribution in [3.05, 3.63) is 36.4 Å². The van der Waals surface area contributed by atoms with Gasteiger partial charge in [-0.3, -0.25) is 4.90 Å². The first-order chi connectivity index (χ1) is 21.4. The van der Waals surface area contributed by atoms with E-state index in [-0.39, 0.29) is 5.75 Å². The van der Waals surface area contributed by atoms with Gasteiger partial charge < -0.3 is 16.0 Å². The molecule has 2 heterocycles. The third-order valence-corrected chi connectivity index (χ3v) is 12.1. The molecule has 0 unspecified atom stereocenters. The van der Waals surface area contributed by atoms with Crippen LogP contribution in [0.4, 0.5) is 17.6 Å². The molecule has 0 spiro atoms. The summed E-state index contributed by atoms with van der Waals surface area (Å²) in [7, 11) is -3.27. The van der Waals surface area contributed by atoms with Gasteiger partial charge >= 0.3 is 0 Å². The molecule has 44 heavy (non-hydrogen) atoms. The first kappa shape index (κ1) is 33.0. The molecular formula is C35H56N6O2S. The third-order valence-electron chi connectivity index (χ3n) is 10.4. The van der Waals surface area contributed by atoms with Crippen LogP contribution in [-0.2, 0) is 9.84 Å². The van der Waals surface area contributed by atoms with Crippen LogP contribution in [0, 0.1) is 17.8 Å². The maximum atomic E-state index is 12.7. The number of nitrogens with one attached hydrogen (secondary N) is 1. The molecule has 1 aromatic carbocycles. The topological polar surface area (TPSA) is 104 Å². The second-order valence-corrected chi connectivity index (χ2v) is 15.8. The number of nitrogens with zero attached hydrogens (tertiary/aromatic N) is 4. The van der Waals surface area contributed by atoms with E-state index >= 15 is 0 Å². The molecule has 0 bridgehead atoms. The van der Waals surface area contributed by atoms with Crippen LogP contribution >= 0.6 is 0 Å². The van der Waals surface area contributed by atoms with Crippen LogP contribution in [-0.4, -0.2) is 68.3 Å². The van der Waals surface area contributed by atoms with Crippen LogP contribution in [0.1, 0.15) is 96.3 Å². The Morgan fingerprint density at radius 1 is 0.773 bits per heavy atom. The Morgan fingerprint density at radius 3 is 2.09 bits per heavy atom. The van der Waals surface area contributed by atoms with E-state index in [0.29, 0.717) is 29.1 Å². The standard InChI is InChI=1S/C35H56N6O2S/c36-33-27-34(41-23-21-40(22-24-41)25-26-44(42,43)32-15-9-4-10-16-32)39-35(38-33)37-28-31-19-17-30(18-20-31)14-6-2-1-5-11-29-12-7-3-8-13-29/h4,9-10,15-16,27,29-31H,1-3,5-8,11-14,17-26,28H2,(H3,36,37,38,39). The van der Waals surface area contributed by atoms with Crippen molar-refractivity contribution in [1.29, 1.82) is 0 Å². The van der Waals surface area contributed by atoms with Crippen molar-refractivity contribution < 1.29 is 8.42 Å². The largest absolute Gasteiger partial charge is 0.383 e. The summed E-state index contributed by atoms with van der Waals surface area (Å²) >= 11 is 0. The molecule has 3 aliphatic rings. The van der Waals surface area contributed by atoms with Gasteiger partial charge in [0, 0.05) is 45.3 Å². The highest BCUT2D eigenvalue weighted by atomic mass is 32.2. The predicted octanol–water partition coefficient (Wildman–Crippen LogP) is 6.79. The zero-order valence-corrected chi connectivity index (χ0v) is 27.7. The van der Waals surface area contributed by atoms with Crippen LogP contribution < -0.4 is 16.0 Å². The fourth-order valence-corrected chi connectivity index (χ4v) is 8.85. The Bertz CT molecular complexity index is 1220. The molecule has 2 saturated carbocycles. The van der Waals surface area contributed by atoms with Gasteiger partial charge in [0.2, 0.25) is 5.95 Å². The smallest absolute Gasteiger partial charge is 0.226 e. The predicted molar refractivity (Wildman–Crippen MR) is 182 cm³/mol. The number of aromatic nitrogens is 2. The van der Waals surface area contributed by atoms with Crippen molar-refractivity contribution in [3.63, 3.8) is 0 Å². The minimum Gasteiger partial charge on any atom is -0.383 e. The number of anilines is 3. The highest BCUT2D eigenvalue weighted by molar-refractivity contribution is 7.91. The molecule has 2 aromatic rings. The summed E-state index contributed by atoms with van der Waals surface area (Å²) < 4.78 is 25.3. The lowest BCUT2D eigenvalue weighted by molar-refractivity contribution is 0.265. The molecule has 3 N–H and O–H groups in total. The van der Waals surface area contributed by atoms with Gasteiger partial charge in [-0.05, 0) is 42.7 Å². The highest BCUT2D eigenvalue weighted by Gasteiger charge is 2.23. The maximum absolute atomic E-state index is 12.7. The molecule has 2 aliphatic carbocycles. The van der Waals surface area contributed by atoms with Gasteiger partial charge in [-0.1, -0.05) is 102 Å². The molecule has 9 heteroatoms. The number of hydrogen-bond donors (Lipinski definition) is 2. The normalized spacial score (nSPS) is 22.2. The van der Waals surface area contributed by atoms with Crippen molar-refractivity contribution in [2.45, 2.75) is 101 Å². The molecule has 0 amide bonds. The fraction of sp³-hybridized carbons (Fsp3) is 0.714. The molecular weight excluding hydrogens is 568 g/mol. The summed E-state index contributed by atoms with van der Waals surface area (Å²) in [5.41, 5.74) is 6.19. The summed E-state index contributed by atoms with van der Waals surface area (Å²) in [5.74, 6) is 4.71. The van der Waals surface area contributed by atoms with Crippen molar-refractivity contribution in [1.82, 2.24) is 14.9 Å². The van der Waals surface area contributed by atoms with Gasteiger partial charge in [0.25, 0.3) is 0 Å². The lowest BCUT2D eigenvalue weighted by Gasteiger charge is -2.35. The summed E-state index contributed by atoms with van der Waals surface area (Å²) in [6.07, 6.45) is 21.3. The van der Waals surface area contributed by atoms with Crippen LogP contribution in [0.25, 0.3) is 0 Å². The molecule has 5 rings (SSSR count). The number of nitrogen functional groups attached to an aromatic ring is 1. The highest BCUT2D eigenvalue weighted by Crippen LogP contribution is 2.33. The van der Waals surface area contributed by atoms with Crippen molar-refractivity contribution >= 4 is 27.4 Å². The third kappa shape index (κ3) is 10.3. The van der Waals surface area contributed by atoms with Gasteiger partial charge in [-0.2, -0.15) is 9.97 Å². The van der Waals surface area contributed by atoms with Crippen molar-refractivity contribution in [3.8, 4) is 0 Å². The monoisotopic (exact) mass is 624 g/mol. The molecule has 1 aliphatic heterocycles. The number of benzene rings is 1. The lowest BCUT2D eigenvalue weighted by Crippen LogP contribution is -2.48. The maximum Gasteiger partial charge on any atom is 0.226 e. The fourth-order valence-electron chi connectivity index (χ4n) is 7.54. The Labute approximate surface area is 266 Å². The Kier molecular flexibility index (Phi) is 12.6. The Hall–Kier alpha value is -2.39. The second kappa shape index (κ2) is 16.8. The van der Waals surface area contributed by atoms with Gasteiger partial charge in [0.15, 0.2) is 9.84 Å². The van der Waals surface area contributed by atoms with E-state index in [0.717, 1.165) is 50.4 Å². The van der Waals surface area contributed by atoms with E-state index in [4.69, 9.17) is 10.7 Å². The van der Waals surface area contributed by atoms with E-state index < -0.39 is 9.84 Å². The number of piperazine rings is 1. The lowest BCUT2D eigenvalue weighted by atomic mass is 9.79. The van der Waals surface area contributed by atoms with Gasteiger partial charge in [0.1, 0.15) is 11.6 Å². The zero-order chi connectivity index (χ0) is 30.6. The number of sulfone groups is 1. The molecule has 0 radical (unpaired) electrons. The van der Waals surface area contributed by atoms with Crippen LogP contribution in [0.2, 0.25) is 0 Å². The van der Waals surface area contributed by atoms with Crippen LogP contribution in [0.15, 0.2) is 41.3 Å². The quantitative estimate of drug-likeness (QED) is 0.209. The Balaban J connectivity index is 0.965. The second-order valence-electron chi connectivity index (χ2n) is 13.7. The van der Waals surface area contributed by atoms with Crippen molar-refractivity contribution in [2.24, 2.45) is 17.8 Å². The van der Waals surface area contributed by atoms with E-state index in [2.05, 4.69) is 20.1 Å². The Morgan fingerprint density at radius 2 is 1.41 bits per heavy atom. The number of unbranched alkanes of at least 4 members (excludes halogenated alkanes) is 3. The van der Waals surface area contributed by atoms with Gasteiger partial charge in [-0.15, -0.1) is 0 Å². The van der Waals surface area contributed by atoms with Crippen LogP contribution in [0.5, 0.6) is 0 Å². The van der Waals surface area contributed by atoms with Crippen LogP contribution in [0.3, 0.4) is 0 Å². The summed E-state index contributed by atoms with van der Waals surface area (Å²) in [6, 6.07) is 10.6. The SMILES string of the molecule is Nc1cc(N2CCN(CCS(=O)(=O)c3ccccc3)CC2)nc(NCC2CCC(CCCCCCC3CCCCC3)CC2)n1. The summed E-state index contributed by atoms with van der Waals surface area (Å²) in [6.45, 7) is 4.59. The number of nitrogens with two attached hydrogens (primary N) is 1. The first-order valence-electron chi connectivity index (χ1n) is 17.6. The molecule has 8 nitrogen and oxygen atoms in total. The molecule has 244 valence electrons. The number of hydrogen-bond acceptors (Lipinski definition) is 8. The van der Waals surface area contributed by atoms with Gasteiger partial charge in [0.05, 0.1) is 10.6 Å². The van der Waals surface area contributed by atoms with E-state index in [1.165, 1.54) is 96.3 Å². The van der Waals surface area contributed by atoms with E-state index in [9.17, 15) is 8.42 Å². The molecule has 3 fully saturated rings. The van der Waals surface area contributed by atoms with E-state index in [1.807, 2.05) is 12.1 Å². The van der Waals surface area contributed by atoms with Gasteiger partial charge in [-0.25, -0.2) is 8.42 Å². The van der Waals surface area contributed by atoms with E-state index in [1.54, 1.807) is 24.3 Å². The van der Waals surface area contributed by atoms with Crippen molar-refractivity contribution in [2.75, 3.05) is 61.0 Å². The number of rotatable bonds is 15. The summed E-state index contributed by atoms with van der Waals surface area (Å²) in [5, 5.41) is 3.50. The first-order valence-corrected chi connectivity index (χ1v) is 19.2. The minimum atomic E-state index is -3.27. The summed E-state index contributed by atoms with van der Waals surface area (Å²) in [4.78, 5) is 14.1. The average Bonchev–Trinajstić information content (AvgIpc) is 3.06. The minimum absolute atomic E-state index is 0.133.